The first kappa shape index (κ1) is 35.3. The predicted molar refractivity (Wildman–Crippen MR) is 177 cm³/mol. The minimum atomic E-state index is -2.05. The Morgan fingerprint density at radius 2 is 1.47 bits per heavy atom. The van der Waals surface area contributed by atoms with E-state index >= 15 is 0 Å². The van der Waals surface area contributed by atoms with Gasteiger partial charge in [0, 0.05) is 17.7 Å². The SMILES string of the molecule is CC1(C)CC1.COc1ccc(CC(Nc2cccc(-c3ccccc3)c2)C(=O)NC(C(=O)NB(O)O)C(C)C)c(OC)c1OC. The van der Waals surface area contributed by atoms with Crippen molar-refractivity contribution in [2.45, 2.75) is 59.0 Å². The van der Waals surface area contributed by atoms with E-state index in [0.29, 0.717) is 28.5 Å². The van der Waals surface area contributed by atoms with Gasteiger partial charge in [-0.25, -0.2) is 0 Å². The fourth-order valence-corrected chi connectivity index (χ4v) is 4.63. The third-order valence-electron chi connectivity index (χ3n) is 7.61. The number of rotatable bonds is 13. The fraction of sp³-hybridized carbons (Fsp3) is 0.412. The lowest BCUT2D eigenvalue weighted by Gasteiger charge is -2.26. The molecular formula is C34H46BN3O7. The van der Waals surface area contributed by atoms with Crippen LogP contribution in [-0.4, -0.2) is 62.5 Å². The Kier molecular flexibility index (Phi) is 12.7. The molecule has 3 aromatic rings. The summed E-state index contributed by atoms with van der Waals surface area (Å²) in [4.78, 5) is 26.3. The summed E-state index contributed by atoms with van der Waals surface area (Å²) in [6, 6.07) is 19.2. The van der Waals surface area contributed by atoms with Crippen LogP contribution in [0.4, 0.5) is 5.69 Å². The quantitative estimate of drug-likeness (QED) is 0.177. The number of hydrogen-bond donors (Lipinski definition) is 5. The molecule has 3 aromatic carbocycles. The molecule has 1 aliphatic rings. The molecule has 11 heteroatoms. The molecule has 45 heavy (non-hydrogen) atoms. The van der Waals surface area contributed by atoms with Gasteiger partial charge in [-0.3, -0.25) is 9.59 Å². The maximum atomic E-state index is 13.7. The highest BCUT2D eigenvalue weighted by atomic mass is 16.5. The van der Waals surface area contributed by atoms with Crippen LogP contribution >= 0.6 is 0 Å². The van der Waals surface area contributed by atoms with E-state index < -0.39 is 31.2 Å². The highest BCUT2D eigenvalue weighted by molar-refractivity contribution is 6.42. The molecule has 2 unspecified atom stereocenters. The van der Waals surface area contributed by atoms with Gasteiger partial charge in [-0.15, -0.1) is 0 Å². The van der Waals surface area contributed by atoms with Crippen LogP contribution in [-0.2, 0) is 16.0 Å². The number of methoxy groups -OCH3 is 3. The Balaban J connectivity index is 0.00000100. The molecule has 10 nitrogen and oxygen atoms in total. The van der Waals surface area contributed by atoms with E-state index in [1.807, 2.05) is 59.8 Å². The van der Waals surface area contributed by atoms with Gasteiger partial charge in [-0.05, 0) is 53.5 Å². The van der Waals surface area contributed by atoms with E-state index in [9.17, 15) is 19.6 Å². The normalized spacial score (nSPS) is 14.2. The highest BCUT2D eigenvalue weighted by Crippen LogP contribution is 2.43. The Morgan fingerprint density at radius 1 is 0.844 bits per heavy atom. The highest BCUT2D eigenvalue weighted by Gasteiger charge is 2.31. The summed E-state index contributed by atoms with van der Waals surface area (Å²) in [6.45, 7) is 8.09. The number of nitrogens with one attached hydrogen (secondary N) is 3. The van der Waals surface area contributed by atoms with E-state index in [-0.39, 0.29) is 12.3 Å². The zero-order valence-corrected chi connectivity index (χ0v) is 27.2. The molecule has 4 rings (SSSR count). The predicted octanol–water partition coefficient (Wildman–Crippen LogP) is 4.44. The van der Waals surface area contributed by atoms with Crippen molar-refractivity contribution in [3.05, 3.63) is 72.3 Å². The number of anilines is 1. The molecule has 2 amide bonds. The maximum absolute atomic E-state index is 13.7. The Labute approximate surface area is 266 Å². The molecule has 5 N–H and O–H groups in total. The largest absolute Gasteiger partial charge is 0.587 e. The number of ether oxygens (including phenoxy) is 3. The molecule has 1 saturated carbocycles. The summed E-state index contributed by atoms with van der Waals surface area (Å²) >= 11 is 0. The van der Waals surface area contributed by atoms with Crippen LogP contribution in [0.25, 0.3) is 11.1 Å². The lowest BCUT2D eigenvalue weighted by Crippen LogP contribution is -2.56. The van der Waals surface area contributed by atoms with Crippen LogP contribution in [0.3, 0.4) is 0 Å². The summed E-state index contributed by atoms with van der Waals surface area (Å²) < 4.78 is 16.5. The second kappa shape index (κ2) is 16.2. The molecule has 0 aliphatic heterocycles. The third kappa shape index (κ3) is 10.4. The lowest BCUT2D eigenvalue weighted by molar-refractivity contribution is -0.129. The molecule has 1 aliphatic carbocycles. The average Bonchev–Trinajstić information content (AvgIpc) is 3.72. The van der Waals surface area contributed by atoms with Crippen molar-refractivity contribution >= 4 is 24.8 Å². The van der Waals surface area contributed by atoms with Crippen molar-refractivity contribution in [2.24, 2.45) is 11.3 Å². The van der Waals surface area contributed by atoms with Crippen molar-refractivity contribution in [3.8, 4) is 28.4 Å². The van der Waals surface area contributed by atoms with Gasteiger partial charge >= 0.3 is 7.25 Å². The second-order valence-corrected chi connectivity index (χ2v) is 12.1. The van der Waals surface area contributed by atoms with E-state index in [0.717, 1.165) is 16.5 Å². The van der Waals surface area contributed by atoms with Crippen LogP contribution < -0.4 is 30.1 Å². The number of carbonyl (C=O) groups excluding carboxylic acids is 2. The lowest BCUT2D eigenvalue weighted by atomic mass is 9.98. The zero-order chi connectivity index (χ0) is 33.1. The Morgan fingerprint density at radius 3 is 2.00 bits per heavy atom. The Hall–Kier alpha value is -4.22. The minimum Gasteiger partial charge on any atom is -0.493 e. The molecule has 1 fully saturated rings. The minimum absolute atomic E-state index is 0.167. The molecule has 0 heterocycles. The monoisotopic (exact) mass is 619 g/mol. The molecule has 0 aromatic heterocycles. The van der Waals surface area contributed by atoms with Gasteiger partial charge in [0.2, 0.25) is 17.6 Å². The van der Waals surface area contributed by atoms with Gasteiger partial charge in [-0.1, -0.05) is 76.2 Å². The number of carbonyl (C=O) groups is 2. The van der Waals surface area contributed by atoms with E-state index in [1.165, 1.54) is 34.2 Å². The molecular weight excluding hydrogens is 573 g/mol. The summed E-state index contributed by atoms with van der Waals surface area (Å²) in [5.74, 6) is -0.229. The van der Waals surface area contributed by atoms with Gasteiger partial charge in [0.1, 0.15) is 12.1 Å². The smallest absolute Gasteiger partial charge is 0.493 e. The number of benzene rings is 3. The Bertz CT molecular complexity index is 1410. The number of hydrogen-bond acceptors (Lipinski definition) is 8. The van der Waals surface area contributed by atoms with Crippen molar-refractivity contribution in [1.82, 2.24) is 10.5 Å². The van der Waals surface area contributed by atoms with Crippen LogP contribution in [0.1, 0.15) is 46.1 Å². The van der Waals surface area contributed by atoms with Gasteiger partial charge in [0.05, 0.1) is 21.3 Å². The van der Waals surface area contributed by atoms with E-state index in [4.69, 9.17) is 14.2 Å². The van der Waals surface area contributed by atoms with Crippen molar-refractivity contribution in [2.75, 3.05) is 26.6 Å². The first-order valence-corrected chi connectivity index (χ1v) is 15.1. The van der Waals surface area contributed by atoms with Gasteiger partial charge < -0.3 is 40.1 Å². The fourth-order valence-electron chi connectivity index (χ4n) is 4.63. The van der Waals surface area contributed by atoms with Gasteiger partial charge in [0.25, 0.3) is 0 Å². The van der Waals surface area contributed by atoms with Gasteiger partial charge in [0.15, 0.2) is 11.5 Å². The summed E-state index contributed by atoms with van der Waals surface area (Å²) in [5.41, 5.74) is 4.10. The third-order valence-corrected chi connectivity index (χ3v) is 7.61. The zero-order valence-electron chi connectivity index (χ0n) is 27.2. The van der Waals surface area contributed by atoms with Gasteiger partial charge in [-0.2, -0.15) is 0 Å². The van der Waals surface area contributed by atoms with Crippen LogP contribution in [0.5, 0.6) is 17.2 Å². The molecule has 2 atom stereocenters. The van der Waals surface area contributed by atoms with Crippen molar-refractivity contribution in [1.29, 1.82) is 0 Å². The molecule has 242 valence electrons. The van der Waals surface area contributed by atoms with Crippen LogP contribution in [0.2, 0.25) is 0 Å². The molecule has 0 saturated heterocycles. The summed E-state index contributed by atoms with van der Waals surface area (Å²) in [5, 5.41) is 26.5. The van der Waals surface area contributed by atoms with Crippen molar-refractivity contribution in [3.63, 3.8) is 0 Å². The first-order valence-electron chi connectivity index (χ1n) is 15.1. The number of amides is 2. The van der Waals surface area contributed by atoms with E-state index in [2.05, 4.69) is 24.5 Å². The van der Waals surface area contributed by atoms with Crippen molar-refractivity contribution < 1.29 is 33.8 Å². The first-order chi connectivity index (χ1) is 21.4. The summed E-state index contributed by atoms with van der Waals surface area (Å²) in [7, 11) is 2.49. The average molecular weight is 620 g/mol. The maximum Gasteiger partial charge on any atom is 0.587 e. The second-order valence-electron chi connectivity index (χ2n) is 12.1. The molecule has 0 spiro atoms. The van der Waals surface area contributed by atoms with Crippen LogP contribution in [0.15, 0.2) is 66.7 Å². The molecule has 0 bridgehead atoms. The topological polar surface area (TPSA) is 138 Å². The molecule has 0 radical (unpaired) electrons. The summed E-state index contributed by atoms with van der Waals surface area (Å²) in [6.07, 6.45) is 3.07. The van der Waals surface area contributed by atoms with E-state index in [1.54, 1.807) is 26.0 Å². The standard InChI is InChI=1S/C29H36BN3O7.C5H10/c1-18(2)25(29(35)33-30(36)37)32-28(34)23(17-21-14-15-24(38-3)27(40-5)26(21)39-4)31-22-13-9-12-20(16-22)19-10-7-6-8-11-19;1-5(2)3-4-5/h6-16,18,23,25,31,36-37H,17H2,1-5H3,(H,32,34)(H,33,35);3-4H2,1-2H3. The van der Waals surface area contributed by atoms with Crippen LogP contribution in [0, 0.1) is 11.3 Å².